The summed E-state index contributed by atoms with van der Waals surface area (Å²) < 4.78 is 1.73. The lowest BCUT2D eigenvalue weighted by molar-refractivity contribution is 0.508. The topological polar surface area (TPSA) is 38.1 Å². The lowest BCUT2D eigenvalue weighted by Crippen LogP contribution is -2.34. The number of alkyl halides is 1. The lowest BCUT2D eigenvalue weighted by Gasteiger charge is -2.21. The van der Waals surface area contributed by atoms with Gasteiger partial charge in [-0.15, -0.1) is 11.6 Å². The molecule has 102 valence electrons. The molecule has 0 aliphatic heterocycles. The van der Waals surface area contributed by atoms with Gasteiger partial charge in [-0.05, 0) is 19.3 Å². The van der Waals surface area contributed by atoms with Crippen LogP contribution < -0.4 is 10.5 Å². The van der Waals surface area contributed by atoms with E-state index in [2.05, 4.69) is 18.8 Å². The average molecular weight is 272 g/mol. The Morgan fingerprint density at radius 2 is 2.22 bits per heavy atom. The molecule has 1 aromatic heterocycles. The van der Waals surface area contributed by atoms with Gasteiger partial charge < -0.3 is 9.47 Å². The van der Waals surface area contributed by atoms with Crippen molar-refractivity contribution in [3.8, 4) is 0 Å². The van der Waals surface area contributed by atoms with Crippen LogP contribution in [0.4, 0.5) is 5.82 Å². The molecule has 0 N–H and O–H groups in total. The lowest BCUT2D eigenvalue weighted by atomic mass is 10.2. The van der Waals surface area contributed by atoms with Crippen LogP contribution in [-0.2, 0) is 6.54 Å². The van der Waals surface area contributed by atoms with Crippen molar-refractivity contribution >= 4 is 17.4 Å². The molecule has 0 saturated carbocycles. The van der Waals surface area contributed by atoms with Crippen molar-refractivity contribution < 1.29 is 0 Å². The minimum atomic E-state index is -0.0115. The third-order valence-corrected chi connectivity index (χ3v) is 2.97. The number of hydrogen-bond acceptors (Lipinski definition) is 3. The van der Waals surface area contributed by atoms with Crippen molar-refractivity contribution in [3.05, 3.63) is 22.7 Å². The largest absolute Gasteiger partial charge is 0.352 e. The summed E-state index contributed by atoms with van der Waals surface area (Å²) in [4.78, 5) is 18.5. The predicted octanol–water partition coefficient (Wildman–Crippen LogP) is 2.35. The van der Waals surface area contributed by atoms with Gasteiger partial charge >= 0.3 is 0 Å². The van der Waals surface area contributed by atoms with Crippen LogP contribution in [0.1, 0.15) is 27.2 Å². The molecule has 0 atom stereocenters. The molecule has 1 heterocycles. The van der Waals surface area contributed by atoms with Gasteiger partial charge in [-0.1, -0.05) is 13.8 Å². The van der Waals surface area contributed by atoms with Crippen molar-refractivity contribution in [2.75, 3.05) is 23.9 Å². The monoisotopic (exact) mass is 271 g/mol. The summed E-state index contributed by atoms with van der Waals surface area (Å²) in [6, 6.07) is 0. The number of aromatic nitrogens is 2. The van der Waals surface area contributed by atoms with Crippen LogP contribution in [-0.4, -0.2) is 28.5 Å². The van der Waals surface area contributed by atoms with E-state index in [0.717, 1.165) is 26.1 Å². The number of rotatable bonds is 7. The summed E-state index contributed by atoms with van der Waals surface area (Å²) in [5.74, 6) is 1.57. The van der Waals surface area contributed by atoms with Gasteiger partial charge in [0.1, 0.15) is 0 Å². The zero-order valence-electron chi connectivity index (χ0n) is 11.4. The van der Waals surface area contributed by atoms with Gasteiger partial charge in [-0.25, -0.2) is 4.98 Å². The van der Waals surface area contributed by atoms with Gasteiger partial charge in [-0.3, -0.25) is 4.79 Å². The molecule has 0 saturated heterocycles. The van der Waals surface area contributed by atoms with E-state index < -0.39 is 0 Å². The first kappa shape index (κ1) is 15.0. The summed E-state index contributed by atoms with van der Waals surface area (Å²) in [7, 11) is 0. The maximum Gasteiger partial charge on any atom is 0.293 e. The fourth-order valence-corrected chi connectivity index (χ4v) is 1.97. The highest BCUT2D eigenvalue weighted by Gasteiger charge is 2.12. The molecule has 0 bridgehead atoms. The van der Waals surface area contributed by atoms with Crippen LogP contribution in [0.2, 0.25) is 0 Å². The molecule has 0 fully saturated rings. The molecule has 1 rings (SSSR count). The molecule has 18 heavy (non-hydrogen) atoms. The highest BCUT2D eigenvalue weighted by Crippen LogP contribution is 2.05. The van der Waals surface area contributed by atoms with Crippen LogP contribution >= 0.6 is 11.6 Å². The summed E-state index contributed by atoms with van der Waals surface area (Å²) in [6.07, 6.45) is 4.30. The summed E-state index contributed by atoms with van der Waals surface area (Å²) in [6.45, 7) is 8.48. The number of anilines is 1. The quantitative estimate of drug-likeness (QED) is 0.715. The Kier molecular flexibility index (Phi) is 6.19. The Bertz CT molecular complexity index is 417. The van der Waals surface area contributed by atoms with E-state index in [-0.39, 0.29) is 5.56 Å². The Morgan fingerprint density at radius 3 is 2.78 bits per heavy atom. The van der Waals surface area contributed by atoms with E-state index in [0.29, 0.717) is 17.6 Å². The summed E-state index contributed by atoms with van der Waals surface area (Å²) >= 11 is 5.70. The molecule has 0 spiro atoms. The fraction of sp³-hybridized carbons (Fsp3) is 0.692. The first-order valence-corrected chi connectivity index (χ1v) is 7.00. The van der Waals surface area contributed by atoms with E-state index in [1.165, 1.54) is 0 Å². The van der Waals surface area contributed by atoms with E-state index in [1.807, 2.05) is 11.8 Å². The zero-order valence-corrected chi connectivity index (χ0v) is 12.2. The standard InChI is InChI=1S/C13H22ClN3O/c1-4-16(8-5-6-14)12-13(18)17(9-7-15-12)10-11(2)3/h7,9,11H,4-6,8,10H2,1-3H3. The molecular weight excluding hydrogens is 250 g/mol. The maximum atomic E-state index is 12.3. The second-order valence-corrected chi connectivity index (χ2v) is 5.10. The van der Waals surface area contributed by atoms with Gasteiger partial charge in [0.25, 0.3) is 5.56 Å². The first-order chi connectivity index (χ1) is 8.60. The molecule has 1 aromatic rings. The summed E-state index contributed by atoms with van der Waals surface area (Å²) in [5.41, 5.74) is -0.0115. The molecule has 4 nitrogen and oxygen atoms in total. The second-order valence-electron chi connectivity index (χ2n) is 4.72. The van der Waals surface area contributed by atoms with Crippen LogP contribution in [0.3, 0.4) is 0 Å². The van der Waals surface area contributed by atoms with Gasteiger partial charge in [0.2, 0.25) is 0 Å². The highest BCUT2D eigenvalue weighted by molar-refractivity contribution is 6.17. The first-order valence-electron chi connectivity index (χ1n) is 6.46. The van der Waals surface area contributed by atoms with Gasteiger partial charge in [-0.2, -0.15) is 0 Å². The molecule has 0 unspecified atom stereocenters. The molecule has 0 aliphatic carbocycles. The molecule has 5 heteroatoms. The van der Waals surface area contributed by atoms with E-state index in [1.54, 1.807) is 17.0 Å². The van der Waals surface area contributed by atoms with Crippen LogP contribution in [0.25, 0.3) is 0 Å². The van der Waals surface area contributed by atoms with Crippen molar-refractivity contribution in [2.45, 2.75) is 33.7 Å². The molecule has 0 aromatic carbocycles. The number of hydrogen-bond donors (Lipinski definition) is 0. The van der Waals surface area contributed by atoms with Crippen molar-refractivity contribution in [2.24, 2.45) is 5.92 Å². The Labute approximate surface area is 114 Å². The highest BCUT2D eigenvalue weighted by atomic mass is 35.5. The third kappa shape index (κ3) is 4.02. The SMILES string of the molecule is CCN(CCCCl)c1nccn(CC(C)C)c1=O. The van der Waals surface area contributed by atoms with Crippen molar-refractivity contribution in [3.63, 3.8) is 0 Å². The van der Waals surface area contributed by atoms with E-state index >= 15 is 0 Å². The zero-order chi connectivity index (χ0) is 13.5. The minimum Gasteiger partial charge on any atom is -0.352 e. The van der Waals surface area contributed by atoms with Crippen LogP contribution in [0, 0.1) is 5.92 Å². The van der Waals surface area contributed by atoms with Gasteiger partial charge in [0.15, 0.2) is 5.82 Å². The Hall–Kier alpha value is -1.03. The van der Waals surface area contributed by atoms with Crippen molar-refractivity contribution in [1.82, 2.24) is 9.55 Å². The van der Waals surface area contributed by atoms with E-state index in [9.17, 15) is 4.79 Å². The van der Waals surface area contributed by atoms with Gasteiger partial charge in [0, 0.05) is 37.9 Å². The Morgan fingerprint density at radius 1 is 1.50 bits per heavy atom. The number of halogens is 1. The number of nitrogens with zero attached hydrogens (tertiary/aromatic N) is 3. The molecular formula is C13H22ClN3O. The predicted molar refractivity (Wildman–Crippen MR) is 76.6 cm³/mol. The molecule has 0 aliphatic rings. The average Bonchev–Trinajstić information content (AvgIpc) is 2.33. The fourth-order valence-electron chi connectivity index (χ4n) is 1.85. The summed E-state index contributed by atoms with van der Waals surface area (Å²) in [5, 5.41) is 0. The maximum absolute atomic E-state index is 12.3. The van der Waals surface area contributed by atoms with Gasteiger partial charge in [0.05, 0.1) is 0 Å². The Balaban J connectivity index is 2.97. The smallest absolute Gasteiger partial charge is 0.293 e. The molecule has 0 radical (unpaired) electrons. The normalized spacial score (nSPS) is 10.9. The minimum absolute atomic E-state index is 0.0115. The van der Waals surface area contributed by atoms with E-state index in [4.69, 9.17) is 11.6 Å². The van der Waals surface area contributed by atoms with Crippen molar-refractivity contribution in [1.29, 1.82) is 0 Å². The van der Waals surface area contributed by atoms with Crippen LogP contribution in [0.15, 0.2) is 17.2 Å². The second kappa shape index (κ2) is 7.41. The van der Waals surface area contributed by atoms with Crippen LogP contribution in [0.5, 0.6) is 0 Å². The molecule has 0 amide bonds. The third-order valence-electron chi connectivity index (χ3n) is 2.70.